The third-order valence-electron chi connectivity index (χ3n) is 3.04. The van der Waals surface area contributed by atoms with E-state index < -0.39 is 6.10 Å². The van der Waals surface area contributed by atoms with Crippen LogP contribution in [0.1, 0.15) is 12.8 Å². The molecule has 1 aliphatic rings. The van der Waals surface area contributed by atoms with E-state index >= 15 is 0 Å². The van der Waals surface area contributed by atoms with E-state index in [4.69, 9.17) is 9.47 Å². The average molecular weight is 265 g/mol. The fourth-order valence-corrected chi connectivity index (χ4v) is 1.72. The molecular weight excluding hydrogens is 242 g/mol. The van der Waals surface area contributed by atoms with Crippen LogP contribution in [0.3, 0.4) is 0 Å². The first-order valence-electron chi connectivity index (χ1n) is 6.99. The Balaban J connectivity index is 1.44. The van der Waals surface area contributed by atoms with Crippen LogP contribution in [0.15, 0.2) is 30.3 Å². The molecule has 1 atom stereocenters. The number of aliphatic hydroxyl groups excluding tert-OH is 1. The predicted molar refractivity (Wildman–Crippen MR) is 74.4 cm³/mol. The standard InChI is InChI=1S/C15H23NO3/c17-14(12-19-15-4-2-1-3-5-15)10-16-8-9-18-11-13-6-7-13/h1-5,13-14,16-17H,6-12H2. The zero-order valence-electron chi connectivity index (χ0n) is 11.3. The first-order chi connectivity index (χ1) is 9.34. The monoisotopic (exact) mass is 265 g/mol. The van der Waals surface area contributed by atoms with Gasteiger partial charge in [0.1, 0.15) is 18.5 Å². The van der Waals surface area contributed by atoms with Gasteiger partial charge in [-0.3, -0.25) is 0 Å². The first kappa shape index (κ1) is 14.3. The highest BCUT2D eigenvalue weighted by Gasteiger charge is 2.20. The lowest BCUT2D eigenvalue weighted by Gasteiger charge is -2.13. The van der Waals surface area contributed by atoms with E-state index in [9.17, 15) is 5.11 Å². The van der Waals surface area contributed by atoms with Gasteiger partial charge in [-0.1, -0.05) is 18.2 Å². The molecule has 0 bridgehead atoms. The zero-order chi connectivity index (χ0) is 13.3. The van der Waals surface area contributed by atoms with Gasteiger partial charge in [0.25, 0.3) is 0 Å². The fourth-order valence-electron chi connectivity index (χ4n) is 1.72. The Hall–Kier alpha value is -1.10. The van der Waals surface area contributed by atoms with Gasteiger partial charge in [-0.25, -0.2) is 0 Å². The van der Waals surface area contributed by atoms with Crippen molar-refractivity contribution in [2.24, 2.45) is 5.92 Å². The second-order valence-electron chi connectivity index (χ2n) is 5.00. The Kier molecular flexibility index (Phi) is 6.14. The van der Waals surface area contributed by atoms with Gasteiger partial charge in [0.2, 0.25) is 0 Å². The van der Waals surface area contributed by atoms with Crippen LogP contribution in [0, 0.1) is 5.92 Å². The lowest BCUT2D eigenvalue weighted by molar-refractivity contribution is 0.0967. The first-order valence-corrected chi connectivity index (χ1v) is 6.99. The number of rotatable bonds is 10. The maximum atomic E-state index is 9.74. The van der Waals surface area contributed by atoms with Crippen molar-refractivity contribution in [1.29, 1.82) is 0 Å². The summed E-state index contributed by atoms with van der Waals surface area (Å²) < 4.78 is 11.0. The van der Waals surface area contributed by atoms with Crippen molar-refractivity contribution in [3.63, 3.8) is 0 Å². The molecule has 1 aliphatic carbocycles. The maximum absolute atomic E-state index is 9.74. The van der Waals surface area contributed by atoms with E-state index in [2.05, 4.69) is 5.32 Å². The SMILES string of the molecule is OC(CNCCOCC1CC1)COc1ccccc1. The highest BCUT2D eigenvalue weighted by atomic mass is 16.5. The molecular formula is C15H23NO3. The lowest BCUT2D eigenvalue weighted by Crippen LogP contribution is -2.33. The van der Waals surface area contributed by atoms with Gasteiger partial charge in [-0.2, -0.15) is 0 Å². The average Bonchev–Trinajstić information content (AvgIpc) is 3.26. The molecule has 1 saturated carbocycles. The van der Waals surface area contributed by atoms with Crippen molar-refractivity contribution in [2.45, 2.75) is 18.9 Å². The van der Waals surface area contributed by atoms with Crippen LogP contribution in [0.4, 0.5) is 0 Å². The largest absolute Gasteiger partial charge is 0.491 e. The van der Waals surface area contributed by atoms with Crippen molar-refractivity contribution in [3.05, 3.63) is 30.3 Å². The molecule has 0 aliphatic heterocycles. The molecule has 1 aromatic carbocycles. The Labute approximate surface area is 114 Å². The van der Waals surface area contributed by atoms with Crippen LogP contribution in [0.25, 0.3) is 0 Å². The minimum Gasteiger partial charge on any atom is -0.491 e. The summed E-state index contributed by atoms with van der Waals surface area (Å²) >= 11 is 0. The molecule has 0 heterocycles. The molecule has 0 saturated heterocycles. The molecule has 0 radical (unpaired) electrons. The van der Waals surface area contributed by atoms with Crippen molar-refractivity contribution in [3.8, 4) is 5.75 Å². The molecule has 4 heteroatoms. The number of nitrogens with one attached hydrogen (secondary N) is 1. The molecule has 1 fully saturated rings. The van der Waals surface area contributed by atoms with E-state index in [1.54, 1.807) is 0 Å². The van der Waals surface area contributed by atoms with E-state index in [0.717, 1.165) is 24.8 Å². The molecule has 1 aromatic rings. The number of hydrogen-bond acceptors (Lipinski definition) is 4. The lowest BCUT2D eigenvalue weighted by atomic mass is 10.3. The molecule has 2 rings (SSSR count). The molecule has 0 aromatic heterocycles. The Morgan fingerprint density at radius 3 is 2.79 bits per heavy atom. The number of benzene rings is 1. The number of para-hydroxylation sites is 1. The van der Waals surface area contributed by atoms with Crippen LogP contribution in [-0.2, 0) is 4.74 Å². The van der Waals surface area contributed by atoms with Crippen molar-refractivity contribution in [2.75, 3.05) is 32.9 Å². The Bertz CT molecular complexity index is 341. The zero-order valence-corrected chi connectivity index (χ0v) is 11.3. The fraction of sp³-hybridized carbons (Fsp3) is 0.600. The van der Waals surface area contributed by atoms with Crippen LogP contribution in [-0.4, -0.2) is 44.1 Å². The minimum absolute atomic E-state index is 0.306. The summed E-state index contributed by atoms with van der Waals surface area (Å²) in [7, 11) is 0. The summed E-state index contributed by atoms with van der Waals surface area (Å²) in [6.07, 6.45) is 2.15. The number of hydrogen-bond donors (Lipinski definition) is 2. The summed E-state index contributed by atoms with van der Waals surface area (Å²) in [5.74, 6) is 1.60. The maximum Gasteiger partial charge on any atom is 0.119 e. The van der Waals surface area contributed by atoms with Gasteiger partial charge < -0.3 is 19.9 Å². The molecule has 1 unspecified atom stereocenters. The van der Waals surface area contributed by atoms with Crippen LogP contribution in [0.5, 0.6) is 5.75 Å². The molecule has 106 valence electrons. The molecule has 2 N–H and O–H groups in total. The smallest absolute Gasteiger partial charge is 0.119 e. The van der Waals surface area contributed by atoms with Crippen molar-refractivity contribution in [1.82, 2.24) is 5.32 Å². The minimum atomic E-state index is -0.497. The topological polar surface area (TPSA) is 50.7 Å². The molecule has 0 amide bonds. The van der Waals surface area contributed by atoms with E-state index in [1.807, 2.05) is 30.3 Å². The van der Waals surface area contributed by atoms with Gasteiger partial charge in [0.05, 0.1) is 6.61 Å². The van der Waals surface area contributed by atoms with Crippen LogP contribution < -0.4 is 10.1 Å². The second-order valence-corrected chi connectivity index (χ2v) is 5.00. The van der Waals surface area contributed by atoms with E-state index in [0.29, 0.717) is 19.8 Å². The van der Waals surface area contributed by atoms with Gasteiger partial charge in [0.15, 0.2) is 0 Å². The summed E-state index contributed by atoms with van der Waals surface area (Å²) in [5, 5.41) is 12.9. The van der Waals surface area contributed by atoms with Gasteiger partial charge in [0, 0.05) is 19.7 Å². The molecule has 4 nitrogen and oxygen atoms in total. The third-order valence-corrected chi connectivity index (χ3v) is 3.04. The normalized spacial score (nSPS) is 16.3. The summed E-state index contributed by atoms with van der Waals surface area (Å²) in [5.41, 5.74) is 0. The van der Waals surface area contributed by atoms with Gasteiger partial charge >= 0.3 is 0 Å². The van der Waals surface area contributed by atoms with Crippen molar-refractivity contribution >= 4 is 0 Å². The van der Waals surface area contributed by atoms with Crippen LogP contribution >= 0.6 is 0 Å². The Morgan fingerprint density at radius 1 is 1.26 bits per heavy atom. The highest BCUT2D eigenvalue weighted by Crippen LogP contribution is 2.28. The van der Waals surface area contributed by atoms with E-state index in [1.165, 1.54) is 12.8 Å². The summed E-state index contributed by atoms with van der Waals surface area (Å²) in [6.45, 7) is 3.21. The number of ether oxygens (including phenoxy) is 2. The van der Waals surface area contributed by atoms with Crippen molar-refractivity contribution < 1.29 is 14.6 Å². The highest BCUT2D eigenvalue weighted by molar-refractivity contribution is 5.20. The second kappa shape index (κ2) is 8.15. The summed E-state index contributed by atoms with van der Waals surface area (Å²) in [4.78, 5) is 0. The molecule has 19 heavy (non-hydrogen) atoms. The van der Waals surface area contributed by atoms with Gasteiger partial charge in [-0.05, 0) is 30.9 Å². The molecule has 0 spiro atoms. The van der Waals surface area contributed by atoms with Gasteiger partial charge in [-0.15, -0.1) is 0 Å². The Morgan fingerprint density at radius 2 is 2.05 bits per heavy atom. The number of aliphatic hydroxyl groups is 1. The third kappa shape index (κ3) is 6.57. The summed E-state index contributed by atoms with van der Waals surface area (Å²) in [6, 6.07) is 9.53. The predicted octanol–water partition coefficient (Wildman–Crippen LogP) is 1.44. The van der Waals surface area contributed by atoms with E-state index in [-0.39, 0.29) is 0 Å². The quantitative estimate of drug-likeness (QED) is 0.629. The van der Waals surface area contributed by atoms with Crippen LogP contribution in [0.2, 0.25) is 0 Å².